The van der Waals surface area contributed by atoms with Crippen molar-refractivity contribution in [2.75, 3.05) is 0 Å². The molecule has 1 unspecified atom stereocenters. The monoisotopic (exact) mass is 253 g/mol. The Bertz CT molecular complexity index is 702. The topological polar surface area (TPSA) is 44.5 Å². The minimum atomic E-state index is -0.303. The van der Waals surface area contributed by atoms with E-state index in [0.717, 1.165) is 22.4 Å². The van der Waals surface area contributed by atoms with Crippen molar-refractivity contribution < 1.29 is 14.2 Å². The fraction of sp³-hybridized carbons (Fsp3) is 0.133. The molecule has 0 bridgehead atoms. The molecule has 1 aliphatic heterocycles. The van der Waals surface area contributed by atoms with Crippen molar-refractivity contribution in [2.45, 2.75) is 12.5 Å². The molecule has 0 aliphatic carbocycles. The molecule has 4 rings (SSSR count). The Hall–Kier alpha value is -2.33. The summed E-state index contributed by atoms with van der Waals surface area (Å²) in [5.41, 5.74) is 2.70. The van der Waals surface area contributed by atoms with Gasteiger partial charge in [-0.15, -0.1) is 0 Å². The molecule has 0 spiro atoms. The second kappa shape index (κ2) is 4.10. The first-order valence-electron chi connectivity index (χ1n) is 6.17. The third-order valence-corrected chi connectivity index (χ3v) is 3.22. The van der Waals surface area contributed by atoms with Crippen LogP contribution in [0.25, 0.3) is 11.1 Å². The van der Waals surface area contributed by atoms with Crippen LogP contribution in [-0.4, -0.2) is 4.98 Å². The predicted molar refractivity (Wildman–Crippen MR) is 68.6 cm³/mol. The van der Waals surface area contributed by atoms with E-state index in [1.54, 1.807) is 0 Å². The molecule has 94 valence electrons. The summed E-state index contributed by atoms with van der Waals surface area (Å²) in [4.78, 5) is 15.1. The average molecular weight is 253 g/mol. The summed E-state index contributed by atoms with van der Waals surface area (Å²) in [6.07, 6.45) is 0.394. The molecule has 1 atom stereocenters. The van der Waals surface area contributed by atoms with Crippen LogP contribution in [0.15, 0.2) is 52.9 Å². The number of hydrogen-bond donors (Lipinski definition) is 0. The number of rotatable bonds is 1. The molecule has 1 aromatic heterocycles. The van der Waals surface area contributed by atoms with Crippen LogP contribution in [0.5, 0.6) is 5.75 Å². The zero-order chi connectivity index (χ0) is 12.7. The van der Waals surface area contributed by atoms with Crippen molar-refractivity contribution >= 4 is 11.1 Å². The van der Waals surface area contributed by atoms with E-state index in [1.165, 1.54) is 0 Å². The highest BCUT2D eigenvalue weighted by Crippen LogP contribution is 2.33. The maximum Gasteiger partial charge on any atom is 0.229 e. The Morgan fingerprint density at radius 3 is 2.79 bits per heavy atom. The van der Waals surface area contributed by atoms with Crippen LogP contribution in [0.2, 0.25) is 0 Å². The quantitative estimate of drug-likeness (QED) is 0.623. The molecule has 0 radical (unpaired) electrons. The van der Waals surface area contributed by atoms with Gasteiger partial charge in [0.1, 0.15) is 5.52 Å². The van der Waals surface area contributed by atoms with Crippen LogP contribution in [0.1, 0.15) is 17.6 Å². The largest absolute Gasteiger partial charge is 0.438 e. The maximum absolute atomic E-state index is 5.71. The predicted octanol–water partition coefficient (Wildman–Crippen LogP) is 3.44. The summed E-state index contributed by atoms with van der Waals surface area (Å²) in [6, 6.07) is 15.5. The zero-order valence-corrected chi connectivity index (χ0v) is 10.1. The Morgan fingerprint density at radius 1 is 1.00 bits per heavy atom. The zero-order valence-electron chi connectivity index (χ0n) is 10.1. The third-order valence-electron chi connectivity index (χ3n) is 3.22. The Labute approximate surface area is 109 Å². The summed E-state index contributed by atoms with van der Waals surface area (Å²) < 4.78 is 5.71. The van der Waals surface area contributed by atoms with Gasteiger partial charge in [0.15, 0.2) is 17.4 Å². The van der Waals surface area contributed by atoms with E-state index in [2.05, 4.69) is 4.98 Å². The lowest BCUT2D eigenvalue weighted by atomic mass is 10.1. The van der Waals surface area contributed by atoms with Crippen molar-refractivity contribution in [3.8, 4) is 5.75 Å². The van der Waals surface area contributed by atoms with Crippen LogP contribution in [0.4, 0.5) is 0 Å². The van der Waals surface area contributed by atoms with Crippen LogP contribution in [-0.2, 0) is 11.3 Å². The second-order valence-corrected chi connectivity index (χ2v) is 4.50. The first-order chi connectivity index (χ1) is 9.40. The highest BCUT2D eigenvalue weighted by atomic mass is 17.2. The van der Waals surface area contributed by atoms with Gasteiger partial charge in [-0.25, -0.2) is 4.98 Å². The molecular weight excluding hydrogens is 242 g/mol. The third kappa shape index (κ3) is 1.77. The fourth-order valence-corrected chi connectivity index (χ4v) is 2.25. The van der Waals surface area contributed by atoms with Gasteiger partial charge in [0.25, 0.3) is 0 Å². The maximum atomic E-state index is 5.71. The van der Waals surface area contributed by atoms with Gasteiger partial charge in [-0.1, -0.05) is 30.3 Å². The Balaban J connectivity index is 1.70. The molecule has 0 N–H and O–H groups in total. The van der Waals surface area contributed by atoms with Crippen LogP contribution in [0, 0.1) is 0 Å². The van der Waals surface area contributed by atoms with Crippen molar-refractivity contribution in [1.29, 1.82) is 0 Å². The number of oxazole rings is 1. The van der Waals surface area contributed by atoms with Crippen LogP contribution in [0.3, 0.4) is 0 Å². The molecule has 2 heterocycles. The van der Waals surface area contributed by atoms with Crippen molar-refractivity contribution in [2.24, 2.45) is 0 Å². The minimum absolute atomic E-state index is 0.303. The second-order valence-electron chi connectivity index (χ2n) is 4.50. The van der Waals surface area contributed by atoms with Crippen LogP contribution >= 0.6 is 0 Å². The summed E-state index contributed by atoms with van der Waals surface area (Å²) in [7, 11) is 0. The lowest BCUT2D eigenvalue weighted by molar-refractivity contribution is -0.262. The van der Waals surface area contributed by atoms with Gasteiger partial charge in [-0.2, -0.15) is 4.89 Å². The smallest absolute Gasteiger partial charge is 0.229 e. The summed E-state index contributed by atoms with van der Waals surface area (Å²) in [5.74, 6) is 1.31. The molecule has 4 nitrogen and oxygen atoms in total. The number of nitrogens with zero attached hydrogens (tertiary/aromatic N) is 1. The first-order valence-corrected chi connectivity index (χ1v) is 6.17. The van der Waals surface area contributed by atoms with E-state index >= 15 is 0 Å². The van der Waals surface area contributed by atoms with Gasteiger partial charge >= 0.3 is 0 Å². The number of fused-ring (bicyclic) bond motifs is 2. The van der Waals surface area contributed by atoms with Crippen molar-refractivity contribution in [3.63, 3.8) is 0 Å². The molecule has 3 aromatic rings. The van der Waals surface area contributed by atoms with Gasteiger partial charge in [0.05, 0.1) is 0 Å². The van der Waals surface area contributed by atoms with E-state index < -0.39 is 0 Å². The summed E-state index contributed by atoms with van der Waals surface area (Å²) in [5, 5.41) is 0. The van der Waals surface area contributed by atoms with Gasteiger partial charge in [0.2, 0.25) is 5.89 Å². The Kier molecular flexibility index (Phi) is 2.28. The van der Waals surface area contributed by atoms with E-state index in [9.17, 15) is 0 Å². The first kappa shape index (κ1) is 10.6. The number of benzene rings is 2. The minimum Gasteiger partial charge on any atom is -0.438 e. The van der Waals surface area contributed by atoms with Gasteiger partial charge in [-0.3, -0.25) is 0 Å². The molecule has 4 heteroatoms. The molecule has 0 fully saturated rings. The lowest BCUT2D eigenvalue weighted by Gasteiger charge is -2.21. The van der Waals surface area contributed by atoms with Gasteiger partial charge < -0.3 is 9.30 Å². The highest BCUT2D eigenvalue weighted by Gasteiger charge is 2.27. The summed E-state index contributed by atoms with van der Waals surface area (Å²) >= 11 is 0. The summed E-state index contributed by atoms with van der Waals surface area (Å²) in [6.45, 7) is 0. The lowest BCUT2D eigenvalue weighted by Crippen LogP contribution is -2.16. The number of para-hydroxylation sites is 3. The van der Waals surface area contributed by atoms with E-state index in [1.807, 2.05) is 48.5 Å². The van der Waals surface area contributed by atoms with E-state index in [4.69, 9.17) is 14.2 Å². The SMILES string of the molecule is c1ccc2c(c1)CC(c1nc3ccccc3o1)OO2. The molecule has 0 saturated carbocycles. The van der Waals surface area contributed by atoms with Crippen molar-refractivity contribution in [1.82, 2.24) is 4.98 Å². The Morgan fingerprint density at radius 2 is 1.84 bits per heavy atom. The fourth-order valence-electron chi connectivity index (χ4n) is 2.25. The molecule has 1 aliphatic rings. The molecule has 19 heavy (non-hydrogen) atoms. The van der Waals surface area contributed by atoms with Crippen molar-refractivity contribution in [3.05, 3.63) is 60.0 Å². The van der Waals surface area contributed by atoms with Gasteiger partial charge in [0, 0.05) is 12.0 Å². The molecule has 2 aromatic carbocycles. The normalized spacial score (nSPS) is 18.0. The molecular formula is C15H11NO3. The molecule has 0 amide bonds. The number of hydrogen-bond acceptors (Lipinski definition) is 4. The van der Waals surface area contributed by atoms with Gasteiger partial charge in [-0.05, 0) is 18.2 Å². The standard InChI is InChI=1S/C15H11NO3/c1-3-7-12-10(5-1)9-14(19-18-12)15-16-11-6-2-4-8-13(11)17-15/h1-8,14H,9H2. The van der Waals surface area contributed by atoms with E-state index in [0.29, 0.717) is 12.3 Å². The average Bonchev–Trinajstić information content (AvgIpc) is 2.90. The van der Waals surface area contributed by atoms with Crippen LogP contribution < -0.4 is 4.89 Å². The highest BCUT2D eigenvalue weighted by molar-refractivity contribution is 5.72. The molecule has 0 saturated heterocycles. The van der Waals surface area contributed by atoms with E-state index in [-0.39, 0.29) is 6.10 Å². The number of aromatic nitrogens is 1.